The first-order chi connectivity index (χ1) is 9.62. The minimum atomic E-state index is -4.73. The highest BCUT2D eigenvalue weighted by atomic mass is 19.4. The molecule has 118 valence electrons. The van der Waals surface area contributed by atoms with Crippen LogP contribution in [0.4, 0.5) is 13.2 Å². The molecule has 0 saturated carbocycles. The van der Waals surface area contributed by atoms with Crippen molar-refractivity contribution in [2.75, 3.05) is 6.54 Å². The largest absolute Gasteiger partial charge is 0.573 e. The van der Waals surface area contributed by atoms with Crippen LogP contribution >= 0.6 is 0 Å². The number of hydrogen-bond donors (Lipinski definition) is 2. The quantitative estimate of drug-likeness (QED) is 0.760. The zero-order valence-electron chi connectivity index (χ0n) is 11.8. The molecular weight excluding hydrogens is 287 g/mol. The van der Waals surface area contributed by atoms with E-state index < -0.39 is 17.7 Å². The van der Waals surface area contributed by atoms with Gasteiger partial charge in [0.15, 0.2) is 0 Å². The summed E-state index contributed by atoms with van der Waals surface area (Å²) in [6.07, 6.45) is -4.37. The third-order valence-corrected chi connectivity index (χ3v) is 3.02. The third-order valence-electron chi connectivity index (χ3n) is 3.02. The summed E-state index contributed by atoms with van der Waals surface area (Å²) in [5.74, 6) is -1.17. The van der Waals surface area contributed by atoms with Crippen molar-refractivity contribution in [2.45, 2.75) is 33.2 Å². The van der Waals surface area contributed by atoms with Gasteiger partial charge < -0.3 is 15.2 Å². The summed E-state index contributed by atoms with van der Waals surface area (Å²) in [6.45, 7) is 3.73. The van der Waals surface area contributed by atoms with Crippen molar-refractivity contribution in [3.05, 3.63) is 29.8 Å². The monoisotopic (exact) mass is 305 g/mol. The average Bonchev–Trinajstić information content (AvgIpc) is 2.34. The zero-order chi connectivity index (χ0) is 16.1. The summed E-state index contributed by atoms with van der Waals surface area (Å²) in [6, 6.07) is 5.83. The number of nitrogens with one attached hydrogen (secondary N) is 1. The van der Waals surface area contributed by atoms with E-state index in [2.05, 4.69) is 10.1 Å². The highest BCUT2D eigenvalue weighted by Gasteiger charge is 2.32. The van der Waals surface area contributed by atoms with Gasteiger partial charge in [0.2, 0.25) is 0 Å². The lowest BCUT2D eigenvalue weighted by Crippen LogP contribution is -2.29. The molecule has 0 fully saturated rings. The van der Waals surface area contributed by atoms with Gasteiger partial charge in [-0.1, -0.05) is 18.2 Å². The fourth-order valence-electron chi connectivity index (χ4n) is 1.60. The van der Waals surface area contributed by atoms with E-state index in [-0.39, 0.29) is 12.3 Å². The first-order valence-electron chi connectivity index (χ1n) is 6.39. The maximum atomic E-state index is 12.2. The number of carboxylic acid groups (broad SMARTS) is 1. The first kappa shape index (κ1) is 17.3. The van der Waals surface area contributed by atoms with Crippen LogP contribution in [0.2, 0.25) is 0 Å². The van der Waals surface area contributed by atoms with Crippen LogP contribution in [0.15, 0.2) is 24.3 Å². The van der Waals surface area contributed by atoms with Crippen molar-refractivity contribution in [1.82, 2.24) is 5.32 Å². The van der Waals surface area contributed by atoms with E-state index in [1.54, 1.807) is 19.9 Å². The number of para-hydroxylation sites is 1. The van der Waals surface area contributed by atoms with Crippen LogP contribution in [0.3, 0.4) is 0 Å². The van der Waals surface area contributed by atoms with Gasteiger partial charge in [-0.2, -0.15) is 0 Å². The molecule has 0 radical (unpaired) electrons. The smallest absolute Gasteiger partial charge is 0.481 e. The predicted octanol–water partition coefficient (Wildman–Crippen LogP) is 3.18. The van der Waals surface area contributed by atoms with E-state index in [1.807, 2.05) is 0 Å². The molecule has 0 unspecified atom stereocenters. The Morgan fingerprint density at radius 1 is 1.29 bits per heavy atom. The van der Waals surface area contributed by atoms with Gasteiger partial charge in [0.1, 0.15) is 5.75 Å². The Bertz CT molecular complexity index is 487. The Labute approximate surface area is 120 Å². The molecule has 0 aromatic heterocycles. The molecule has 0 bridgehead atoms. The van der Waals surface area contributed by atoms with E-state index in [0.29, 0.717) is 18.5 Å². The number of ether oxygens (including phenoxy) is 1. The molecule has 0 heterocycles. The summed E-state index contributed by atoms with van der Waals surface area (Å²) in [4.78, 5) is 10.9. The second-order valence-corrected chi connectivity index (χ2v) is 5.27. The minimum absolute atomic E-state index is 0.169. The van der Waals surface area contributed by atoms with Gasteiger partial charge in [0.25, 0.3) is 0 Å². The number of benzene rings is 1. The average molecular weight is 305 g/mol. The number of aliphatic carboxylic acids is 1. The van der Waals surface area contributed by atoms with Crippen molar-refractivity contribution < 1.29 is 27.8 Å². The molecule has 0 aliphatic carbocycles. The van der Waals surface area contributed by atoms with Gasteiger partial charge in [0.05, 0.1) is 5.41 Å². The van der Waals surface area contributed by atoms with Crippen molar-refractivity contribution in [3.63, 3.8) is 0 Å². The lowest BCUT2D eigenvalue weighted by atomic mass is 9.90. The number of alkyl halides is 3. The number of rotatable bonds is 7. The van der Waals surface area contributed by atoms with Crippen LogP contribution in [0.5, 0.6) is 5.75 Å². The molecule has 4 nitrogen and oxygen atoms in total. The topological polar surface area (TPSA) is 58.6 Å². The lowest BCUT2D eigenvalue weighted by molar-refractivity contribution is -0.274. The van der Waals surface area contributed by atoms with Gasteiger partial charge >= 0.3 is 12.3 Å². The van der Waals surface area contributed by atoms with Crippen LogP contribution in [-0.4, -0.2) is 24.0 Å². The SMILES string of the molecule is CC(C)(CCNCc1ccccc1OC(F)(F)F)C(=O)O. The Morgan fingerprint density at radius 3 is 2.48 bits per heavy atom. The molecule has 7 heteroatoms. The molecular formula is C14H18F3NO3. The fourth-order valence-corrected chi connectivity index (χ4v) is 1.60. The summed E-state index contributed by atoms with van der Waals surface area (Å²) < 4.78 is 40.7. The van der Waals surface area contributed by atoms with E-state index in [1.165, 1.54) is 18.2 Å². The number of halogens is 3. The molecule has 1 aromatic rings. The maximum Gasteiger partial charge on any atom is 0.573 e. The summed E-state index contributed by atoms with van der Waals surface area (Å²) >= 11 is 0. The van der Waals surface area contributed by atoms with Crippen molar-refractivity contribution in [2.24, 2.45) is 5.41 Å². The minimum Gasteiger partial charge on any atom is -0.481 e. The van der Waals surface area contributed by atoms with Gasteiger partial charge in [-0.15, -0.1) is 13.2 Å². The highest BCUT2D eigenvalue weighted by Crippen LogP contribution is 2.26. The molecule has 0 aliphatic heterocycles. The van der Waals surface area contributed by atoms with Crippen LogP contribution in [-0.2, 0) is 11.3 Å². The van der Waals surface area contributed by atoms with E-state index in [4.69, 9.17) is 5.11 Å². The molecule has 0 amide bonds. The van der Waals surface area contributed by atoms with Gasteiger partial charge in [-0.3, -0.25) is 4.79 Å². The van der Waals surface area contributed by atoms with E-state index >= 15 is 0 Å². The van der Waals surface area contributed by atoms with Crippen LogP contribution in [0.25, 0.3) is 0 Å². The third kappa shape index (κ3) is 6.03. The standard InChI is InChI=1S/C14H18F3NO3/c1-13(2,12(19)20)7-8-18-9-10-5-3-4-6-11(10)21-14(15,16)17/h3-6,18H,7-9H2,1-2H3,(H,19,20). The molecule has 0 aliphatic rings. The molecule has 0 atom stereocenters. The normalized spacial score (nSPS) is 12.2. The number of hydrogen-bond acceptors (Lipinski definition) is 3. The van der Waals surface area contributed by atoms with Crippen LogP contribution in [0, 0.1) is 5.41 Å². The number of carbonyl (C=O) groups is 1. The van der Waals surface area contributed by atoms with Crippen molar-refractivity contribution in [1.29, 1.82) is 0 Å². The van der Waals surface area contributed by atoms with Crippen molar-refractivity contribution >= 4 is 5.97 Å². The molecule has 0 saturated heterocycles. The Balaban J connectivity index is 2.55. The highest BCUT2D eigenvalue weighted by molar-refractivity contribution is 5.73. The lowest BCUT2D eigenvalue weighted by Gasteiger charge is -2.19. The number of carboxylic acids is 1. The van der Waals surface area contributed by atoms with Gasteiger partial charge in [-0.05, 0) is 32.9 Å². The second kappa shape index (κ2) is 6.80. The van der Waals surface area contributed by atoms with Crippen LogP contribution in [0.1, 0.15) is 25.8 Å². The van der Waals surface area contributed by atoms with Gasteiger partial charge in [-0.25, -0.2) is 0 Å². The van der Waals surface area contributed by atoms with Gasteiger partial charge in [0, 0.05) is 12.1 Å². The van der Waals surface area contributed by atoms with E-state index in [9.17, 15) is 18.0 Å². The Hall–Kier alpha value is -1.76. The molecule has 0 spiro atoms. The maximum absolute atomic E-state index is 12.2. The summed E-state index contributed by atoms with van der Waals surface area (Å²) in [7, 11) is 0. The first-order valence-corrected chi connectivity index (χ1v) is 6.39. The van der Waals surface area contributed by atoms with Crippen LogP contribution < -0.4 is 10.1 Å². The zero-order valence-corrected chi connectivity index (χ0v) is 11.8. The summed E-state index contributed by atoms with van der Waals surface area (Å²) in [5.41, 5.74) is -0.516. The summed E-state index contributed by atoms with van der Waals surface area (Å²) in [5, 5.41) is 11.9. The Morgan fingerprint density at radius 2 is 1.90 bits per heavy atom. The Kier molecular flexibility index (Phi) is 5.60. The predicted molar refractivity (Wildman–Crippen MR) is 70.9 cm³/mol. The second-order valence-electron chi connectivity index (χ2n) is 5.27. The molecule has 1 aromatic carbocycles. The molecule has 21 heavy (non-hydrogen) atoms. The molecule has 1 rings (SSSR count). The molecule has 2 N–H and O–H groups in total. The van der Waals surface area contributed by atoms with Crippen molar-refractivity contribution in [3.8, 4) is 5.75 Å². The fraction of sp³-hybridized carbons (Fsp3) is 0.500. The van der Waals surface area contributed by atoms with E-state index in [0.717, 1.165) is 0 Å².